The second-order valence-electron chi connectivity index (χ2n) is 7.44. The zero-order valence-electron chi connectivity index (χ0n) is 17.3. The monoisotopic (exact) mass is 431 g/mol. The van der Waals surface area contributed by atoms with Crippen molar-refractivity contribution in [3.63, 3.8) is 0 Å². The lowest BCUT2D eigenvalue weighted by Crippen LogP contribution is -2.44. The van der Waals surface area contributed by atoms with Crippen LogP contribution in [0.25, 0.3) is 21.7 Å². The number of carboxylic acid groups (broad SMARTS) is 1. The summed E-state index contributed by atoms with van der Waals surface area (Å²) in [7, 11) is 0. The Morgan fingerprint density at radius 2 is 1.66 bits per heavy atom. The summed E-state index contributed by atoms with van der Waals surface area (Å²) in [5, 5.41) is 14.0. The van der Waals surface area contributed by atoms with E-state index in [9.17, 15) is 19.5 Å². The number of ether oxygens (including phenoxy) is 1. The summed E-state index contributed by atoms with van der Waals surface area (Å²) in [6, 6.07) is 18.6. The van der Waals surface area contributed by atoms with Crippen molar-refractivity contribution in [2.45, 2.75) is 19.4 Å². The van der Waals surface area contributed by atoms with Gasteiger partial charge in [0.1, 0.15) is 17.4 Å². The number of carboxylic acids is 1. The molecule has 4 rings (SSSR count). The summed E-state index contributed by atoms with van der Waals surface area (Å²) in [6.07, 6.45) is 0.162. The van der Waals surface area contributed by atoms with E-state index in [1.165, 1.54) is 0 Å². The predicted molar refractivity (Wildman–Crippen MR) is 120 cm³/mol. The van der Waals surface area contributed by atoms with Gasteiger partial charge in [0, 0.05) is 17.4 Å². The maximum Gasteiger partial charge on any atom is 0.344 e. The van der Waals surface area contributed by atoms with E-state index < -0.39 is 23.5 Å². The van der Waals surface area contributed by atoms with E-state index in [0.717, 1.165) is 16.3 Å². The number of aryl methyl sites for hydroxylation is 1. The number of carbonyl (C=O) groups excluding carboxylic acids is 1. The molecule has 32 heavy (non-hydrogen) atoms. The van der Waals surface area contributed by atoms with E-state index >= 15 is 0 Å². The third-order valence-corrected chi connectivity index (χ3v) is 5.26. The molecule has 1 aromatic heterocycles. The van der Waals surface area contributed by atoms with Crippen molar-refractivity contribution >= 4 is 33.6 Å². The molecule has 1 atom stereocenters. The maximum absolute atomic E-state index is 12.4. The van der Waals surface area contributed by atoms with Crippen LogP contribution in [0.15, 0.2) is 75.9 Å². The van der Waals surface area contributed by atoms with Gasteiger partial charge >= 0.3 is 11.6 Å². The highest BCUT2D eigenvalue weighted by molar-refractivity contribution is 6.05. The Kier molecular flexibility index (Phi) is 5.89. The lowest BCUT2D eigenvalue weighted by atomic mass is 10.0. The number of hydrogen-bond acceptors (Lipinski definition) is 5. The van der Waals surface area contributed by atoms with Crippen LogP contribution in [0, 0.1) is 6.92 Å². The van der Waals surface area contributed by atoms with Crippen molar-refractivity contribution in [1.29, 1.82) is 0 Å². The molecule has 0 radical (unpaired) electrons. The molecule has 4 aromatic rings. The molecule has 0 fully saturated rings. The standard InChI is InChI=1S/C25H21NO6/c1-15-21(12-11-18-17-9-5-6-10-19(17)25(30)32-23(15)18)31-14-22(27)26-20(24(28)29)13-16-7-3-2-4-8-16/h2-12,20H,13-14H2,1H3,(H,26,27)(H,28,29)/t20-/m0/s1. The normalized spacial score (nSPS) is 11.9. The highest BCUT2D eigenvalue weighted by atomic mass is 16.5. The average molecular weight is 431 g/mol. The molecule has 0 spiro atoms. The molecule has 0 aliphatic heterocycles. The van der Waals surface area contributed by atoms with Gasteiger partial charge in [-0.15, -0.1) is 0 Å². The molecule has 1 heterocycles. The van der Waals surface area contributed by atoms with Gasteiger partial charge in [-0.1, -0.05) is 48.5 Å². The molecule has 7 nitrogen and oxygen atoms in total. The van der Waals surface area contributed by atoms with Crippen molar-refractivity contribution in [2.24, 2.45) is 0 Å². The number of carbonyl (C=O) groups is 2. The van der Waals surface area contributed by atoms with Crippen LogP contribution in [-0.4, -0.2) is 29.6 Å². The van der Waals surface area contributed by atoms with Gasteiger partial charge in [-0.25, -0.2) is 9.59 Å². The number of nitrogens with one attached hydrogen (secondary N) is 1. The predicted octanol–water partition coefficient (Wildman–Crippen LogP) is 3.45. The van der Waals surface area contributed by atoms with Gasteiger partial charge in [-0.3, -0.25) is 4.79 Å². The van der Waals surface area contributed by atoms with Gasteiger partial charge in [0.05, 0.1) is 5.39 Å². The zero-order valence-corrected chi connectivity index (χ0v) is 17.3. The molecular weight excluding hydrogens is 410 g/mol. The van der Waals surface area contributed by atoms with Gasteiger partial charge < -0.3 is 19.6 Å². The van der Waals surface area contributed by atoms with Crippen LogP contribution in [-0.2, 0) is 16.0 Å². The third-order valence-electron chi connectivity index (χ3n) is 5.26. The highest BCUT2D eigenvalue weighted by Crippen LogP contribution is 2.30. The van der Waals surface area contributed by atoms with E-state index in [4.69, 9.17) is 9.15 Å². The topological polar surface area (TPSA) is 106 Å². The van der Waals surface area contributed by atoms with Crippen molar-refractivity contribution < 1.29 is 23.8 Å². The van der Waals surface area contributed by atoms with Gasteiger partial charge in [0.2, 0.25) is 0 Å². The summed E-state index contributed by atoms with van der Waals surface area (Å²) in [5.41, 5.74) is 1.32. The largest absolute Gasteiger partial charge is 0.483 e. The van der Waals surface area contributed by atoms with Gasteiger partial charge in [0.15, 0.2) is 6.61 Å². The Morgan fingerprint density at radius 1 is 0.969 bits per heavy atom. The number of hydrogen-bond donors (Lipinski definition) is 2. The molecule has 7 heteroatoms. The third kappa shape index (κ3) is 4.32. The van der Waals surface area contributed by atoms with Crippen molar-refractivity contribution in [3.8, 4) is 5.75 Å². The van der Waals surface area contributed by atoms with Crippen LogP contribution in [0.2, 0.25) is 0 Å². The Labute approximate surface area is 183 Å². The van der Waals surface area contributed by atoms with Gasteiger partial charge in [-0.2, -0.15) is 0 Å². The van der Waals surface area contributed by atoms with Crippen molar-refractivity contribution in [3.05, 3.63) is 88.3 Å². The Balaban J connectivity index is 1.50. The van der Waals surface area contributed by atoms with E-state index in [0.29, 0.717) is 22.3 Å². The summed E-state index contributed by atoms with van der Waals surface area (Å²) in [4.78, 5) is 36.2. The summed E-state index contributed by atoms with van der Waals surface area (Å²) >= 11 is 0. The van der Waals surface area contributed by atoms with Crippen LogP contribution in [0.3, 0.4) is 0 Å². The molecule has 0 unspecified atom stereocenters. The molecular formula is C25H21NO6. The minimum Gasteiger partial charge on any atom is -0.483 e. The van der Waals surface area contributed by atoms with Crippen LogP contribution in [0.4, 0.5) is 0 Å². The first kappa shape index (κ1) is 21.1. The Bertz CT molecular complexity index is 1360. The molecule has 0 aliphatic rings. The Hall–Kier alpha value is -4.13. The molecule has 162 valence electrons. The average Bonchev–Trinajstić information content (AvgIpc) is 2.79. The minimum atomic E-state index is -1.13. The maximum atomic E-state index is 12.4. The summed E-state index contributed by atoms with van der Waals surface area (Å²) in [6.45, 7) is 1.37. The van der Waals surface area contributed by atoms with E-state index in [1.807, 2.05) is 30.3 Å². The first-order valence-corrected chi connectivity index (χ1v) is 10.1. The number of amides is 1. The first-order valence-electron chi connectivity index (χ1n) is 10.1. The second-order valence-corrected chi connectivity index (χ2v) is 7.44. The zero-order chi connectivity index (χ0) is 22.7. The Morgan fingerprint density at radius 3 is 2.38 bits per heavy atom. The highest BCUT2D eigenvalue weighted by Gasteiger charge is 2.21. The van der Waals surface area contributed by atoms with Crippen LogP contribution in [0.5, 0.6) is 5.75 Å². The second kappa shape index (κ2) is 8.93. The lowest BCUT2D eigenvalue weighted by Gasteiger charge is -2.16. The van der Waals surface area contributed by atoms with E-state index in [1.54, 1.807) is 43.3 Å². The molecule has 0 aliphatic carbocycles. The quantitative estimate of drug-likeness (QED) is 0.343. The SMILES string of the molecule is Cc1c(OCC(=O)N[C@@H](Cc2ccccc2)C(=O)O)ccc2c1oc(=O)c1ccccc12. The number of fused-ring (bicyclic) bond motifs is 3. The minimum absolute atomic E-state index is 0.162. The van der Waals surface area contributed by atoms with Crippen LogP contribution >= 0.6 is 0 Å². The van der Waals surface area contributed by atoms with E-state index in [2.05, 4.69) is 5.32 Å². The fraction of sp³-hybridized carbons (Fsp3) is 0.160. The smallest absolute Gasteiger partial charge is 0.344 e. The van der Waals surface area contributed by atoms with E-state index in [-0.39, 0.29) is 13.0 Å². The lowest BCUT2D eigenvalue weighted by molar-refractivity contribution is -0.142. The summed E-state index contributed by atoms with van der Waals surface area (Å²) < 4.78 is 11.1. The first-order chi connectivity index (χ1) is 15.4. The fourth-order valence-corrected chi connectivity index (χ4v) is 3.65. The van der Waals surface area contributed by atoms with Gasteiger partial charge in [0.25, 0.3) is 5.91 Å². The molecule has 3 aromatic carbocycles. The number of aliphatic carboxylic acids is 1. The van der Waals surface area contributed by atoms with Crippen molar-refractivity contribution in [1.82, 2.24) is 5.32 Å². The summed E-state index contributed by atoms with van der Waals surface area (Å²) in [5.74, 6) is -1.31. The van der Waals surface area contributed by atoms with Gasteiger partial charge in [-0.05, 0) is 36.1 Å². The molecule has 2 N–H and O–H groups in total. The molecule has 0 saturated carbocycles. The fourth-order valence-electron chi connectivity index (χ4n) is 3.65. The van der Waals surface area contributed by atoms with Crippen molar-refractivity contribution in [2.75, 3.05) is 6.61 Å². The van der Waals surface area contributed by atoms with Crippen LogP contribution in [0.1, 0.15) is 11.1 Å². The van der Waals surface area contributed by atoms with Crippen LogP contribution < -0.4 is 15.7 Å². The molecule has 0 saturated heterocycles. The molecule has 0 bridgehead atoms. The molecule has 1 amide bonds. The number of benzene rings is 3. The number of rotatable bonds is 7.